The minimum atomic E-state index is -0.514. The summed E-state index contributed by atoms with van der Waals surface area (Å²) >= 11 is 0. The molecule has 4 nitrogen and oxygen atoms in total. The number of hydrogen-bond donors (Lipinski definition) is 1. The zero-order valence-electron chi connectivity index (χ0n) is 10.0. The summed E-state index contributed by atoms with van der Waals surface area (Å²) in [6.07, 6.45) is 3.02. The van der Waals surface area contributed by atoms with Gasteiger partial charge in [-0.25, -0.2) is 4.79 Å². The molecule has 1 aliphatic rings. The van der Waals surface area contributed by atoms with Crippen LogP contribution in [-0.4, -0.2) is 11.9 Å². The van der Waals surface area contributed by atoms with Crippen molar-refractivity contribution in [3.05, 3.63) is 47.7 Å². The first-order chi connectivity index (χ1) is 8.74. The minimum Gasteiger partial charge on any atom is -0.444 e. The summed E-state index contributed by atoms with van der Waals surface area (Å²) in [4.78, 5) is 22.7. The Morgan fingerprint density at radius 3 is 2.72 bits per heavy atom. The average Bonchev–Trinajstić information content (AvgIpc) is 2.38. The lowest BCUT2D eigenvalue weighted by atomic mass is 10.0. The second-order valence-corrected chi connectivity index (χ2v) is 4.18. The summed E-state index contributed by atoms with van der Waals surface area (Å²) in [5.41, 5.74) is 1.57. The Balaban J connectivity index is 1.80. The summed E-state index contributed by atoms with van der Waals surface area (Å²) in [6, 6.07) is 9.45. The van der Waals surface area contributed by atoms with E-state index < -0.39 is 6.09 Å². The van der Waals surface area contributed by atoms with Crippen LogP contribution >= 0.6 is 0 Å². The van der Waals surface area contributed by atoms with Gasteiger partial charge in [-0.2, -0.15) is 0 Å². The molecule has 0 radical (unpaired) electrons. The van der Waals surface area contributed by atoms with Crippen LogP contribution in [0.5, 0.6) is 0 Å². The third kappa shape index (κ3) is 3.73. The molecule has 1 aliphatic carbocycles. The summed E-state index contributed by atoms with van der Waals surface area (Å²) in [6.45, 7) is 0.230. The molecule has 0 atom stereocenters. The number of carbonyl (C=O) groups excluding carboxylic acids is 2. The van der Waals surface area contributed by atoms with E-state index in [1.165, 1.54) is 6.08 Å². The molecule has 0 heterocycles. The Morgan fingerprint density at radius 1 is 1.22 bits per heavy atom. The number of carbonyl (C=O) groups is 2. The molecule has 2 rings (SSSR count). The standard InChI is InChI=1S/C14H15NO3/c16-13-8-4-7-12(9-13)15-14(17)18-10-11-5-2-1-3-6-11/h1-3,5-6,9H,4,7-8,10H2,(H,15,17). The van der Waals surface area contributed by atoms with E-state index in [2.05, 4.69) is 5.32 Å². The maximum atomic E-state index is 11.5. The first-order valence-corrected chi connectivity index (χ1v) is 5.95. The van der Waals surface area contributed by atoms with Gasteiger partial charge in [0.1, 0.15) is 6.61 Å². The minimum absolute atomic E-state index is 0.0552. The van der Waals surface area contributed by atoms with Gasteiger partial charge in [-0.1, -0.05) is 30.3 Å². The second-order valence-electron chi connectivity index (χ2n) is 4.18. The molecule has 18 heavy (non-hydrogen) atoms. The van der Waals surface area contributed by atoms with Crippen molar-refractivity contribution in [1.29, 1.82) is 0 Å². The molecule has 1 N–H and O–H groups in total. The first-order valence-electron chi connectivity index (χ1n) is 5.95. The summed E-state index contributed by atoms with van der Waals surface area (Å²) < 4.78 is 5.06. The highest BCUT2D eigenvalue weighted by Gasteiger charge is 2.12. The zero-order valence-corrected chi connectivity index (χ0v) is 10.0. The first kappa shape index (κ1) is 12.4. The Kier molecular flexibility index (Phi) is 4.12. The van der Waals surface area contributed by atoms with Crippen molar-refractivity contribution >= 4 is 11.9 Å². The van der Waals surface area contributed by atoms with Crippen LogP contribution in [0.1, 0.15) is 24.8 Å². The highest BCUT2D eigenvalue weighted by Crippen LogP contribution is 2.12. The normalized spacial score (nSPS) is 14.9. The predicted molar refractivity (Wildman–Crippen MR) is 66.7 cm³/mol. The highest BCUT2D eigenvalue weighted by molar-refractivity contribution is 5.91. The number of nitrogens with one attached hydrogen (secondary N) is 1. The van der Waals surface area contributed by atoms with Crippen molar-refractivity contribution in [2.75, 3.05) is 0 Å². The van der Waals surface area contributed by atoms with Gasteiger partial charge < -0.3 is 4.74 Å². The van der Waals surface area contributed by atoms with Gasteiger partial charge in [0.05, 0.1) is 0 Å². The van der Waals surface area contributed by atoms with Crippen molar-refractivity contribution < 1.29 is 14.3 Å². The number of amides is 1. The molecular weight excluding hydrogens is 230 g/mol. The number of ketones is 1. The highest BCUT2D eigenvalue weighted by atomic mass is 16.5. The Morgan fingerprint density at radius 2 is 2.00 bits per heavy atom. The number of rotatable bonds is 3. The largest absolute Gasteiger partial charge is 0.444 e. The third-order valence-corrected chi connectivity index (χ3v) is 2.68. The maximum Gasteiger partial charge on any atom is 0.411 e. The van der Waals surface area contributed by atoms with Crippen molar-refractivity contribution in [1.82, 2.24) is 5.32 Å². The van der Waals surface area contributed by atoms with Crippen LogP contribution < -0.4 is 5.32 Å². The van der Waals surface area contributed by atoms with E-state index in [4.69, 9.17) is 4.74 Å². The molecule has 1 aromatic rings. The average molecular weight is 245 g/mol. The molecule has 0 unspecified atom stereocenters. The van der Waals surface area contributed by atoms with Crippen molar-refractivity contribution in [3.8, 4) is 0 Å². The molecule has 4 heteroatoms. The molecule has 94 valence electrons. The topological polar surface area (TPSA) is 55.4 Å². The lowest BCUT2D eigenvalue weighted by Crippen LogP contribution is -2.25. The van der Waals surface area contributed by atoms with Gasteiger partial charge in [0.2, 0.25) is 0 Å². The molecule has 0 fully saturated rings. The number of alkyl carbamates (subject to hydrolysis) is 1. The van der Waals surface area contributed by atoms with E-state index in [1.54, 1.807) is 0 Å². The molecule has 1 amide bonds. The Hall–Kier alpha value is -2.10. The van der Waals surface area contributed by atoms with E-state index >= 15 is 0 Å². The van der Waals surface area contributed by atoms with E-state index in [9.17, 15) is 9.59 Å². The van der Waals surface area contributed by atoms with Crippen LogP contribution in [0.2, 0.25) is 0 Å². The fourth-order valence-electron chi connectivity index (χ4n) is 1.78. The molecule has 0 bridgehead atoms. The summed E-state index contributed by atoms with van der Waals surface area (Å²) in [5.74, 6) is 0.0552. The maximum absolute atomic E-state index is 11.5. The lowest BCUT2D eigenvalue weighted by molar-refractivity contribution is -0.115. The van der Waals surface area contributed by atoms with Gasteiger partial charge in [0.25, 0.3) is 0 Å². The van der Waals surface area contributed by atoms with Crippen molar-refractivity contribution in [2.45, 2.75) is 25.9 Å². The molecule has 0 spiro atoms. The van der Waals surface area contributed by atoms with Crippen LogP contribution in [0.15, 0.2) is 42.1 Å². The third-order valence-electron chi connectivity index (χ3n) is 2.68. The fourth-order valence-corrected chi connectivity index (χ4v) is 1.78. The SMILES string of the molecule is O=C1C=C(NC(=O)OCc2ccccc2)CCC1. The summed E-state index contributed by atoms with van der Waals surface area (Å²) in [5, 5.41) is 2.60. The van der Waals surface area contributed by atoms with Crippen molar-refractivity contribution in [2.24, 2.45) is 0 Å². The number of benzene rings is 1. The summed E-state index contributed by atoms with van der Waals surface area (Å²) in [7, 11) is 0. The quantitative estimate of drug-likeness (QED) is 0.890. The molecule has 0 saturated carbocycles. The van der Waals surface area contributed by atoms with Gasteiger partial charge >= 0.3 is 6.09 Å². The van der Waals surface area contributed by atoms with Gasteiger partial charge in [0, 0.05) is 18.2 Å². The lowest BCUT2D eigenvalue weighted by Gasteiger charge is -2.13. The molecule has 0 aromatic heterocycles. The van der Waals surface area contributed by atoms with Gasteiger partial charge in [-0.15, -0.1) is 0 Å². The molecule has 0 saturated heterocycles. The number of ether oxygens (including phenoxy) is 1. The van der Waals surface area contributed by atoms with E-state index in [0.717, 1.165) is 12.0 Å². The van der Waals surface area contributed by atoms with Crippen LogP contribution in [0.3, 0.4) is 0 Å². The number of hydrogen-bond acceptors (Lipinski definition) is 3. The van der Waals surface area contributed by atoms with Crippen LogP contribution in [0, 0.1) is 0 Å². The molecule has 1 aromatic carbocycles. The number of allylic oxidation sites excluding steroid dienone is 2. The van der Waals surface area contributed by atoms with Gasteiger partial charge in [-0.3, -0.25) is 10.1 Å². The predicted octanol–water partition coefficient (Wildman–Crippen LogP) is 2.55. The molecule has 0 aliphatic heterocycles. The van der Waals surface area contributed by atoms with Crippen LogP contribution in [-0.2, 0) is 16.1 Å². The monoisotopic (exact) mass is 245 g/mol. The zero-order chi connectivity index (χ0) is 12.8. The van der Waals surface area contributed by atoms with E-state index in [-0.39, 0.29) is 12.4 Å². The van der Waals surface area contributed by atoms with Crippen molar-refractivity contribution in [3.63, 3.8) is 0 Å². The second kappa shape index (κ2) is 6.00. The van der Waals surface area contributed by atoms with Gasteiger partial charge in [0.15, 0.2) is 5.78 Å². The van der Waals surface area contributed by atoms with E-state index in [0.29, 0.717) is 18.5 Å². The molecular formula is C14H15NO3. The van der Waals surface area contributed by atoms with Crippen LogP contribution in [0.25, 0.3) is 0 Å². The fraction of sp³-hybridized carbons (Fsp3) is 0.286. The smallest absolute Gasteiger partial charge is 0.411 e. The van der Waals surface area contributed by atoms with Crippen LogP contribution in [0.4, 0.5) is 4.79 Å². The van der Waals surface area contributed by atoms with E-state index in [1.807, 2.05) is 30.3 Å². The van der Waals surface area contributed by atoms with Gasteiger partial charge in [-0.05, 0) is 18.4 Å². The Labute approximate surface area is 106 Å². The Bertz CT molecular complexity index is 465.